The van der Waals surface area contributed by atoms with E-state index in [4.69, 9.17) is 33.0 Å². The van der Waals surface area contributed by atoms with Gasteiger partial charge in [-0.25, -0.2) is 0 Å². The number of hydrogen-bond acceptors (Lipinski definition) is 4. The molecule has 0 bridgehead atoms. The highest BCUT2D eigenvalue weighted by Gasteiger charge is 2.32. The first-order valence-electron chi connectivity index (χ1n) is 7.30. The van der Waals surface area contributed by atoms with Crippen molar-refractivity contribution in [1.82, 2.24) is 5.32 Å². The molecule has 0 aromatic heterocycles. The van der Waals surface area contributed by atoms with Gasteiger partial charge in [-0.3, -0.25) is 10.1 Å². The Kier molecular flexibility index (Phi) is 5.56. The van der Waals surface area contributed by atoms with E-state index in [-0.39, 0.29) is 5.37 Å². The first kappa shape index (κ1) is 17.4. The molecular weight excluding hydrogens is 369 g/mol. The average molecular weight is 384 g/mol. The van der Waals surface area contributed by atoms with Crippen LogP contribution in [0.25, 0.3) is 0 Å². The highest BCUT2D eigenvalue weighted by molar-refractivity contribution is 7.99. The molecule has 0 aliphatic carbocycles. The predicted molar refractivity (Wildman–Crippen MR) is 97.0 cm³/mol. The van der Waals surface area contributed by atoms with Crippen molar-refractivity contribution in [3.63, 3.8) is 0 Å². The molecular formula is C17H15Cl2NO3S. The zero-order valence-electron chi connectivity index (χ0n) is 12.5. The van der Waals surface area contributed by atoms with Gasteiger partial charge in [0.05, 0.1) is 5.37 Å². The summed E-state index contributed by atoms with van der Waals surface area (Å²) in [6, 6.07) is 12.3. The molecule has 1 saturated heterocycles. The summed E-state index contributed by atoms with van der Waals surface area (Å²) in [5.41, 5.74) is 1.80. The van der Waals surface area contributed by atoms with Gasteiger partial charge in [-0.05, 0) is 35.9 Å². The number of rotatable bonds is 5. The number of thioether (sulfide) groups is 1. The third kappa shape index (κ3) is 4.16. The van der Waals surface area contributed by atoms with Crippen LogP contribution in [0.5, 0.6) is 5.75 Å². The topological polar surface area (TPSA) is 58.6 Å². The van der Waals surface area contributed by atoms with Gasteiger partial charge in [-0.1, -0.05) is 35.3 Å². The lowest BCUT2D eigenvalue weighted by Crippen LogP contribution is -2.33. The Hall–Kier alpha value is -1.40. The van der Waals surface area contributed by atoms with Crippen molar-refractivity contribution in [3.05, 3.63) is 63.6 Å². The second kappa shape index (κ2) is 7.66. The van der Waals surface area contributed by atoms with Crippen LogP contribution in [0, 0.1) is 0 Å². The minimum Gasteiger partial charge on any atom is -0.489 e. The molecule has 1 aliphatic heterocycles. The van der Waals surface area contributed by atoms with E-state index in [0.717, 1.165) is 11.1 Å². The smallest absolute Gasteiger partial charge is 0.321 e. The van der Waals surface area contributed by atoms with Gasteiger partial charge in [0.25, 0.3) is 0 Å². The third-order valence-corrected chi connectivity index (χ3v) is 5.34. The summed E-state index contributed by atoms with van der Waals surface area (Å²) in [4.78, 5) is 11.1. The fraction of sp³-hybridized carbons (Fsp3) is 0.235. The monoisotopic (exact) mass is 383 g/mol. The molecule has 2 aromatic carbocycles. The van der Waals surface area contributed by atoms with Gasteiger partial charge in [0.15, 0.2) is 0 Å². The van der Waals surface area contributed by atoms with E-state index in [2.05, 4.69) is 5.32 Å². The van der Waals surface area contributed by atoms with E-state index >= 15 is 0 Å². The number of carboxylic acids is 1. The fourth-order valence-corrected chi connectivity index (χ4v) is 4.08. The molecule has 2 aromatic rings. The molecule has 1 heterocycles. The summed E-state index contributed by atoms with van der Waals surface area (Å²) < 4.78 is 5.92. The number of carbonyl (C=O) groups is 1. The van der Waals surface area contributed by atoms with E-state index < -0.39 is 12.0 Å². The molecule has 0 amide bonds. The average Bonchev–Trinajstić information content (AvgIpc) is 3.04. The van der Waals surface area contributed by atoms with Crippen molar-refractivity contribution in [3.8, 4) is 5.75 Å². The van der Waals surface area contributed by atoms with Gasteiger partial charge in [0.2, 0.25) is 0 Å². The number of nitrogens with one attached hydrogen (secondary N) is 1. The third-order valence-electron chi connectivity index (χ3n) is 3.62. The number of carboxylic acid groups (broad SMARTS) is 1. The Morgan fingerprint density at radius 3 is 2.75 bits per heavy atom. The molecule has 3 rings (SSSR count). The first-order valence-corrected chi connectivity index (χ1v) is 9.10. The van der Waals surface area contributed by atoms with Crippen LogP contribution in [0.15, 0.2) is 42.5 Å². The minimum atomic E-state index is -0.853. The quantitative estimate of drug-likeness (QED) is 0.802. The van der Waals surface area contributed by atoms with E-state index in [1.807, 2.05) is 30.3 Å². The van der Waals surface area contributed by atoms with Crippen LogP contribution in [-0.2, 0) is 11.4 Å². The lowest BCUT2D eigenvalue weighted by molar-refractivity contribution is -0.138. The standard InChI is InChI=1S/C17H15Cl2NO3S/c18-11-3-1-2-10(6-11)8-23-15-5-4-12(19)7-13(15)16-20-14(9-24-16)17(21)22/h1-7,14,16,20H,8-9H2,(H,21,22)/t14-,16+/m0/s1. The largest absolute Gasteiger partial charge is 0.489 e. The predicted octanol–water partition coefficient (Wildman–Crippen LogP) is 4.36. The van der Waals surface area contributed by atoms with Crippen molar-refractivity contribution >= 4 is 40.9 Å². The Labute approximate surface area is 154 Å². The molecule has 2 N–H and O–H groups in total. The van der Waals surface area contributed by atoms with E-state index in [0.29, 0.717) is 28.2 Å². The van der Waals surface area contributed by atoms with E-state index in [9.17, 15) is 4.79 Å². The number of hydrogen-bond donors (Lipinski definition) is 2. The molecule has 0 radical (unpaired) electrons. The lowest BCUT2D eigenvalue weighted by atomic mass is 10.1. The molecule has 0 saturated carbocycles. The maximum absolute atomic E-state index is 11.1. The maximum Gasteiger partial charge on any atom is 0.321 e. The zero-order valence-corrected chi connectivity index (χ0v) is 14.9. The van der Waals surface area contributed by atoms with Gasteiger partial charge >= 0.3 is 5.97 Å². The normalized spacial score (nSPS) is 20.1. The molecule has 2 atom stereocenters. The van der Waals surface area contributed by atoms with Gasteiger partial charge < -0.3 is 9.84 Å². The Balaban J connectivity index is 1.77. The van der Waals surface area contributed by atoms with Crippen molar-refractivity contribution in [1.29, 1.82) is 0 Å². The summed E-state index contributed by atoms with van der Waals surface area (Å²) in [5, 5.41) is 13.3. The fourth-order valence-electron chi connectivity index (χ4n) is 2.44. The van der Waals surface area contributed by atoms with Crippen LogP contribution >= 0.6 is 35.0 Å². The van der Waals surface area contributed by atoms with Crippen LogP contribution in [-0.4, -0.2) is 22.9 Å². The Morgan fingerprint density at radius 1 is 1.25 bits per heavy atom. The number of halogens is 2. The van der Waals surface area contributed by atoms with Gasteiger partial charge in [-0.2, -0.15) is 0 Å². The van der Waals surface area contributed by atoms with Crippen molar-refractivity contribution < 1.29 is 14.6 Å². The van der Waals surface area contributed by atoms with Crippen LogP contribution in [0.2, 0.25) is 10.0 Å². The van der Waals surface area contributed by atoms with Crippen LogP contribution in [0.3, 0.4) is 0 Å². The molecule has 0 unspecified atom stereocenters. The van der Waals surface area contributed by atoms with Gasteiger partial charge in [0, 0.05) is 21.4 Å². The second-order valence-electron chi connectivity index (χ2n) is 5.37. The molecule has 1 fully saturated rings. The second-order valence-corrected chi connectivity index (χ2v) is 7.38. The van der Waals surface area contributed by atoms with E-state index in [1.54, 1.807) is 12.1 Å². The molecule has 24 heavy (non-hydrogen) atoms. The molecule has 126 valence electrons. The minimum absolute atomic E-state index is 0.167. The molecule has 7 heteroatoms. The van der Waals surface area contributed by atoms with Crippen LogP contribution in [0.1, 0.15) is 16.5 Å². The first-order chi connectivity index (χ1) is 11.5. The summed E-state index contributed by atoms with van der Waals surface area (Å²) in [6.45, 7) is 0.370. The summed E-state index contributed by atoms with van der Waals surface area (Å²) >= 11 is 13.6. The maximum atomic E-state index is 11.1. The van der Waals surface area contributed by atoms with Crippen LogP contribution < -0.4 is 10.1 Å². The SMILES string of the molecule is O=C(O)[C@@H]1CS[C@H](c2cc(Cl)ccc2OCc2cccc(Cl)c2)N1. The van der Waals surface area contributed by atoms with Gasteiger partial charge in [-0.15, -0.1) is 11.8 Å². The zero-order chi connectivity index (χ0) is 17.1. The highest BCUT2D eigenvalue weighted by atomic mass is 35.5. The van der Waals surface area contributed by atoms with Crippen molar-refractivity contribution in [2.75, 3.05) is 5.75 Å². The number of aliphatic carboxylic acids is 1. The van der Waals surface area contributed by atoms with E-state index in [1.165, 1.54) is 11.8 Å². The summed E-state index contributed by atoms with van der Waals surface area (Å²) in [7, 11) is 0. The summed E-state index contributed by atoms with van der Waals surface area (Å²) in [6.07, 6.45) is 0. The summed E-state index contributed by atoms with van der Waals surface area (Å²) in [5.74, 6) is 0.323. The van der Waals surface area contributed by atoms with Crippen molar-refractivity contribution in [2.45, 2.75) is 18.0 Å². The Morgan fingerprint density at radius 2 is 2.04 bits per heavy atom. The van der Waals surface area contributed by atoms with Crippen molar-refractivity contribution in [2.24, 2.45) is 0 Å². The number of ether oxygens (including phenoxy) is 1. The van der Waals surface area contributed by atoms with Gasteiger partial charge in [0.1, 0.15) is 18.4 Å². The Bertz CT molecular complexity index is 756. The molecule has 0 spiro atoms. The van der Waals surface area contributed by atoms with Crippen LogP contribution in [0.4, 0.5) is 0 Å². The molecule has 1 aliphatic rings. The molecule has 4 nitrogen and oxygen atoms in total. The lowest BCUT2D eigenvalue weighted by Gasteiger charge is -2.17. The number of benzene rings is 2. The highest BCUT2D eigenvalue weighted by Crippen LogP contribution is 2.39.